The number of methoxy groups -OCH3 is 1. The normalized spacial score (nSPS) is 19.7. The zero-order chi connectivity index (χ0) is 24.8. The summed E-state index contributed by atoms with van der Waals surface area (Å²) < 4.78 is 34.2. The summed E-state index contributed by atoms with van der Waals surface area (Å²) >= 11 is 7.51. The molecular weight excluding hydrogens is 490 g/mol. The summed E-state index contributed by atoms with van der Waals surface area (Å²) in [5, 5.41) is 11.2. The standard InChI is InChI=1S/C27H31ClF2N2O2S/c1-34-22-3-5-27-25(15-22)24(6-8-31-27)26(30)4-2-18-7-9-32(16-19(18)17-33)10-11-35-23-13-20(28)12-21(29)14-23/h3,5-6,8,12-15,18-19,26,33H,2,4,7,9-11,16-17H2,1H3/t18-,19-,26?/m1/s1. The molecule has 0 radical (unpaired) electrons. The van der Waals surface area contributed by atoms with Crippen molar-refractivity contribution in [1.29, 1.82) is 0 Å². The highest BCUT2D eigenvalue weighted by Crippen LogP contribution is 2.35. The number of aliphatic hydroxyl groups excluding tert-OH is 1. The molecule has 35 heavy (non-hydrogen) atoms. The van der Waals surface area contributed by atoms with Crippen LogP contribution in [0, 0.1) is 17.7 Å². The molecule has 188 valence electrons. The van der Waals surface area contributed by atoms with E-state index in [0.717, 1.165) is 54.0 Å². The Bertz CT molecular complexity index is 1120. The number of thioether (sulfide) groups is 1. The third-order valence-electron chi connectivity index (χ3n) is 6.83. The number of halogens is 3. The number of hydrogen-bond acceptors (Lipinski definition) is 5. The van der Waals surface area contributed by atoms with Crippen molar-refractivity contribution < 1.29 is 18.6 Å². The Morgan fingerprint density at radius 1 is 1.23 bits per heavy atom. The zero-order valence-electron chi connectivity index (χ0n) is 19.8. The lowest BCUT2D eigenvalue weighted by Crippen LogP contribution is -2.43. The van der Waals surface area contributed by atoms with E-state index in [-0.39, 0.29) is 24.3 Å². The molecule has 0 spiro atoms. The second-order valence-corrected chi connectivity index (χ2v) is 10.7. The van der Waals surface area contributed by atoms with Crippen molar-refractivity contribution in [2.75, 3.05) is 39.1 Å². The number of aliphatic hydroxyl groups is 1. The lowest BCUT2D eigenvalue weighted by molar-refractivity contribution is 0.0672. The van der Waals surface area contributed by atoms with Crippen molar-refractivity contribution in [3.8, 4) is 5.75 Å². The van der Waals surface area contributed by atoms with Crippen molar-refractivity contribution in [3.05, 3.63) is 65.1 Å². The van der Waals surface area contributed by atoms with E-state index in [1.54, 1.807) is 37.2 Å². The first kappa shape index (κ1) is 26.1. The van der Waals surface area contributed by atoms with Gasteiger partial charge in [0.15, 0.2) is 0 Å². The van der Waals surface area contributed by atoms with Crippen LogP contribution in [0.4, 0.5) is 8.78 Å². The topological polar surface area (TPSA) is 45.6 Å². The number of fused-ring (bicyclic) bond motifs is 1. The van der Waals surface area contributed by atoms with E-state index in [1.807, 2.05) is 18.2 Å². The van der Waals surface area contributed by atoms with E-state index in [4.69, 9.17) is 16.3 Å². The van der Waals surface area contributed by atoms with Crippen LogP contribution in [0.25, 0.3) is 10.9 Å². The van der Waals surface area contributed by atoms with Gasteiger partial charge in [0.1, 0.15) is 17.7 Å². The van der Waals surface area contributed by atoms with Gasteiger partial charge in [-0.3, -0.25) is 4.98 Å². The minimum Gasteiger partial charge on any atom is -0.497 e. The maximum absolute atomic E-state index is 15.4. The Kier molecular flexibility index (Phi) is 9.22. The van der Waals surface area contributed by atoms with E-state index >= 15 is 4.39 Å². The van der Waals surface area contributed by atoms with Gasteiger partial charge in [0, 0.05) is 47.0 Å². The van der Waals surface area contributed by atoms with Crippen LogP contribution in [0.5, 0.6) is 5.75 Å². The number of rotatable bonds is 10. The number of piperidine rings is 1. The number of ether oxygens (including phenoxy) is 1. The van der Waals surface area contributed by atoms with Gasteiger partial charge in [-0.1, -0.05) is 11.6 Å². The number of alkyl halides is 1. The summed E-state index contributed by atoms with van der Waals surface area (Å²) in [5.41, 5.74) is 1.40. The minimum atomic E-state index is -1.10. The lowest BCUT2D eigenvalue weighted by atomic mass is 9.81. The first-order valence-corrected chi connectivity index (χ1v) is 13.3. The Morgan fingerprint density at radius 2 is 2.09 bits per heavy atom. The largest absolute Gasteiger partial charge is 0.497 e. The summed E-state index contributed by atoms with van der Waals surface area (Å²) in [6.45, 7) is 2.65. The van der Waals surface area contributed by atoms with Crippen LogP contribution in [0.1, 0.15) is 31.0 Å². The van der Waals surface area contributed by atoms with Gasteiger partial charge in [-0.15, -0.1) is 11.8 Å². The zero-order valence-corrected chi connectivity index (χ0v) is 21.4. The van der Waals surface area contributed by atoms with Gasteiger partial charge in [0.2, 0.25) is 0 Å². The van der Waals surface area contributed by atoms with Gasteiger partial charge < -0.3 is 14.7 Å². The van der Waals surface area contributed by atoms with Crippen molar-refractivity contribution in [1.82, 2.24) is 9.88 Å². The number of pyridine rings is 1. The molecule has 1 fully saturated rings. The molecule has 1 saturated heterocycles. The third kappa shape index (κ3) is 6.85. The van der Waals surface area contributed by atoms with Gasteiger partial charge in [-0.25, -0.2) is 8.78 Å². The summed E-state index contributed by atoms with van der Waals surface area (Å²) in [6.07, 6.45) is 2.62. The number of nitrogens with zero attached hydrogens (tertiary/aromatic N) is 2. The molecule has 1 aliphatic heterocycles. The highest BCUT2D eigenvalue weighted by Gasteiger charge is 2.29. The maximum atomic E-state index is 15.4. The van der Waals surface area contributed by atoms with Crippen LogP contribution in [0.3, 0.4) is 0 Å². The van der Waals surface area contributed by atoms with E-state index in [1.165, 1.54) is 12.1 Å². The van der Waals surface area contributed by atoms with E-state index in [9.17, 15) is 9.50 Å². The molecule has 0 bridgehead atoms. The van der Waals surface area contributed by atoms with Crippen LogP contribution in [-0.2, 0) is 0 Å². The Labute approximate surface area is 214 Å². The monoisotopic (exact) mass is 520 g/mol. The molecule has 3 atom stereocenters. The van der Waals surface area contributed by atoms with Crippen molar-refractivity contribution in [2.24, 2.45) is 11.8 Å². The first-order valence-electron chi connectivity index (χ1n) is 12.0. The van der Waals surface area contributed by atoms with Crippen LogP contribution in [0.2, 0.25) is 5.02 Å². The van der Waals surface area contributed by atoms with Crippen molar-refractivity contribution >= 4 is 34.3 Å². The molecule has 1 aromatic heterocycles. The SMILES string of the molecule is COc1ccc2nccc(C(F)CC[C@@H]3CCN(CCSc4cc(F)cc(Cl)c4)C[C@@H]3CO)c2c1. The number of aromatic nitrogens is 1. The second kappa shape index (κ2) is 12.3. The molecule has 4 nitrogen and oxygen atoms in total. The Balaban J connectivity index is 1.29. The molecule has 8 heteroatoms. The van der Waals surface area contributed by atoms with E-state index in [2.05, 4.69) is 9.88 Å². The summed E-state index contributed by atoms with van der Waals surface area (Å²) in [6, 6.07) is 11.8. The van der Waals surface area contributed by atoms with Gasteiger partial charge >= 0.3 is 0 Å². The predicted molar refractivity (Wildman–Crippen MR) is 139 cm³/mol. The Hall–Kier alpha value is -1.93. The average molecular weight is 521 g/mol. The molecule has 2 heterocycles. The second-order valence-electron chi connectivity index (χ2n) is 9.07. The fourth-order valence-corrected chi connectivity index (χ4v) is 6.19. The predicted octanol–water partition coefficient (Wildman–Crippen LogP) is 6.55. The van der Waals surface area contributed by atoms with Gasteiger partial charge in [-0.05, 0) is 85.7 Å². The summed E-state index contributed by atoms with van der Waals surface area (Å²) in [4.78, 5) is 7.50. The van der Waals surface area contributed by atoms with E-state index < -0.39 is 6.17 Å². The molecule has 3 aromatic rings. The summed E-state index contributed by atoms with van der Waals surface area (Å²) in [5.74, 6) is 1.58. The van der Waals surface area contributed by atoms with Crippen LogP contribution >= 0.6 is 23.4 Å². The average Bonchev–Trinajstić information content (AvgIpc) is 2.86. The highest BCUT2D eigenvalue weighted by atomic mass is 35.5. The summed E-state index contributed by atoms with van der Waals surface area (Å²) in [7, 11) is 1.60. The first-order chi connectivity index (χ1) is 17.0. The van der Waals surface area contributed by atoms with Crippen LogP contribution < -0.4 is 4.74 Å². The van der Waals surface area contributed by atoms with Gasteiger partial charge in [0.25, 0.3) is 0 Å². The Morgan fingerprint density at radius 3 is 2.86 bits per heavy atom. The smallest absolute Gasteiger partial charge is 0.126 e. The van der Waals surface area contributed by atoms with Crippen LogP contribution in [-0.4, -0.2) is 54.1 Å². The third-order valence-corrected chi connectivity index (χ3v) is 8.01. The number of hydrogen-bond donors (Lipinski definition) is 1. The molecule has 1 N–H and O–H groups in total. The van der Waals surface area contributed by atoms with Gasteiger partial charge in [-0.2, -0.15) is 0 Å². The minimum absolute atomic E-state index is 0.0974. The molecular formula is C27H31ClF2N2O2S. The highest BCUT2D eigenvalue weighted by molar-refractivity contribution is 7.99. The molecule has 0 aliphatic carbocycles. The molecule has 1 aliphatic rings. The molecule has 0 amide bonds. The van der Waals surface area contributed by atoms with Crippen molar-refractivity contribution in [2.45, 2.75) is 30.3 Å². The molecule has 1 unspecified atom stereocenters. The molecule has 4 rings (SSSR count). The quantitative estimate of drug-likeness (QED) is 0.307. The number of likely N-dealkylation sites (tertiary alicyclic amines) is 1. The fourth-order valence-electron chi connectivity index (χ4n) is 4.91. The molecule has 0 saturated carbocycles. The fraction of sp³-hybridized carbons (Fsp3) is 0.444. The van der Waals surface area contributed by atoms with Crippen molar-refractivity contribution in [3.63, 3.8) is 0 Å². The number of benzene rings is 2. The maximum Gasteiger partial charge on any atom is 0.126 e. The van der Waals surface area contributed by atoms with E-state index in [0.29, 0.717) is 22.8 Å². The molecule has 2 aromatic carbocycles. The van der Waals surface area contributed by atoms with Crippen LogP contribution in [0.15, 0.2) is 53.6 Å². The lowest BCUT2D eigenvalue weighted by Gasteiger charge is -2.38. The van der Waals surface area contributed by atoms with Gasteiger partial charge in [0.05, 0.1) is 12.6 Å².